The van der Waals surface area contributed by atoms with Crippen LogP contribution in [-0.4, -0.2) is 163 Å². The monoisotopic (exact) mass is 1410 g/mol. The molecule has 0 bridgehead atoms. The average Bonchev–Trinajstić information content (AvgIpc) is 0.861. The highest BCUT2D eigenvalue weighted by atomic mass is 16.3. The van der Waals surface area contributed by atoms with Crippen molar-refractivity contribution in [2.24, 2.45) is 63.3 Å². The van der Waals surface area contributed by atoms with Gasteiger partial charge in [-0.2, -0.15) is 0 Å². The third-order valence-electron chi connectivity index (χ3n) is 17.2. The molecule has 0 aromatic rings. The number of hydrogen-bond donors (Lipinski definition) is 16. The van der Waals surface area contributed by atoms with Crippen molar-refractivity contribution in [3.8, 4) is 0 Å². The van der Waals surface area contributed by atoms with E-state index in [4.69, 9.17) is 28.7 Å². The van der Waals surface area contributed by atoms with Gasteiger partial charge in [0, 0.05) is 13.0 Å². The highest BCUT2D eigenvalue weighted by Gasteiger charge is 2.38. The molecule has 0 saturated carbocycles. The predicted molar refractivity (Wildman–Crippen MR) is 389 cm³/mol. The Morgan fingerprint density at radius 2 is 0.697 bits per heavy atom. The van der Waals surface area contributed by atoms with Gasteiger partial charge in [0.15, 0.2) is 5.96 Å². The van der Waals surface area contributed by atoms with E-state index in [1.54, 1.807) is 13.8 Å². The molecule has 11 amide bonds. The van der Waals surface area contributed by atoms with Crippen LogP contribution in [0.1, 0.15) is 263 Å². The van der Waals surface area contributed by atoms with Crippen molar-refractivity contribution in [1.82, 2.24) is 53.2 Å². The Hall–Kier alpha value is -6.68. The summed E-state index contributed by atoms with van der Waals surface area (Å²) in [6.07, 6.45) is 18.2. The highest BCUT2D eigenvalue weighted by molar-refractivity contribution is 5.99. The first-order valence-electron chi connectivity index (χ1n) is 37.2. The molecule has 0 radical (unpaired) electrons. The number of carbonyl (C=O) groups excluding carboxylic acids is 11. The quantitative estimate of drug-likeness (QED) is 0.0234. The fourth-order valence-electron chi connectivity index (χ4n) is 11.3. The zero-order valence-electron chi connectivity index (χ0n) is 62.6. The topological polar surface area (TPSA) is 471 Å². The summed E-state index contributed by atoms with van der Waals surface area (Å²) in [6, 6.07) is -11.5. The van der Waals surface area contributed by atoms with Gasteiger partial charge in [-0.15, -0.1) is 0 Å². The van der Waals surface area contributed by atoms with E-state index in [0.29, 0.717) is 38.5 Å². The number of primary amides is 1. The van der Waals surface area contributed by atoms with Gasteiger partial charge < -0.3 is 86.9 Å². The third kappa shape index (κ3) is 43.6. The van der Waals surface area contributed by atoms with Crippen molar-refractivity contribution in [1.29, 1.82) is 0 Å². The molecule has 11 atom stereocenters. The zero-order chi connectivity index (χ0) is 75.0. The number of nitrogens with zero attached hydrogens (tertiary/aromatic N) is 1. The lowest BCUT2D eigenvalue weighted by atomic mass is 9.96. The van der Waals surface area contributed by atoms with Crippen LogP contribution < -0.4 is 81.8 Å². The van der Waals surface area contributed by atoms with E-state index in [1.165, 1.54) is 71.1 Å². The normalized spacial score (nSPS) is 14.8. The molecule has 0 heterocycles. The van der Waals surface area contributed by atoms with Crippen molar-refractivity contribution in [3.05, 3.63) is 0 Å². The molecule has 0 fully saturated rings. The maximum absolute atomic E-state index is 14.7. The van der Waals surface area contributed by atoms with Gasteiger partial charge in [0.25, 0.3) is 0 Å². The lowest BCUT2D eigenvalue weighted by Gasteiger charge is -2.30. The summed E-state index contributed by atoms with van der Waals surface area (Å²) >= 11 is 0. The minimum Gasteiger partial charge on any atom is -0.391 e. The molecule has 0 spiro atoms. The van der Waals surface area contributed by atoms with Crippen LogP contribution >= 0.6 is 0 Å². The van der Waals surface area contributed by atoms with Crippen molar-refractivity contribution in [2.75, 3.05) is 26.2 Å². The van der Waals surface area contributed by atoms with E-state index in [0.717, 1.165) is 19.3 Å². The zero-order valence-corrected chi connectivity index (χ0v) is 62.6. The van der Waals surface area contributed by atoms with Gasteiger partial charge in [-0.1, -0.05) is 166 Å². The fraction of sp³-hybridized carbons (Fsp3) is 0.831. The second-order valence-electron chi connectivity index (χ2n) is 28.6. The Bertz CT molecular complexity index is 2410. The third-order valence-corrected chi connectivity index (χ3v) is 17.2. The molecule has 0 aliphatic rings. The molecule has 572 valence electrons. The number of nitrogens with two attached hydrogens (primary N) is 5. The maximum atomic E-state index is 14.7. The Morgan fingerprint density at radius 3 is 1.09 bits per heavy atom. The van der Waals surface area contributed by atoms with Gasteiger partial charge in [-0.3, -0.25) is 57.7 Å². The molecule has 28 nitrogen and oxygen atoms in total. The van der Waals surface area contributed by atoms with Gasteiger partial charge in [-0.05, 0) is 133 Å². The number of amides is 11. The molecular weight excluding hydrogens is 1270 g/mol. The number of aliphatic imine (C=N–C) groups is 1. The summed E-state index contributed by atoms with van der Waals surface area (Å²) in [4.78, 5) is 157. The van der Waals surface area contributed by atoms with E-state index in [1.807, 2.05) is 55.4 Å². The van der Waals surface area contributed by atoms with Gasteiger partial charge in [0.2, 0.25) is 65.0 Å². The van der Waals surface area contributed by atoms with Gasteiger partial charge >= 0.3 is 0 Å². The summed E-state index contributed by atoms with van der Waals surface area (Å²) in [6.45, 7) is 22.0. The number of aliphatic hydroxyl groups is 1. The summed E-state index contributed by atoms with van der Waals surface area (Å²) in [5, 5.41) is 38.0. The second kappa shape index (κ2) is 54.1. The van der Waals surface area contributed by atoms with Crippen LogP contribution in [0.25, 0.3) is 0 Å². The van der Waals surface area contributed by atoms with Crippen molar-refractivity contribution in [2.45, 2.75) is 323 Å². The molecule has 0 rings (SSSR count). The fourth-order valence-corrected chi connectivity index (χ4v) is 11.3. The maximum Gasteiger partial charge on any atom is 0.245 e. The number of unbranched alkanes of at least 4 members (excludes halogenated alkanes) is 15. The lowest BCUT2D eigenvalue weighted by molar-refractivity contribution is -0.137. The van der Waals surface area contributed by atoms with Gasteiger partial charge in [-0.25, -0.2) is 0 Å². The van der Waals surface area contributed by atoms with Crippen molar-refractivity contribution >= 4 is 70.9 Å². The van der Waals surface area contributed by atoms with Crippen LogP contribution in [0.5, 0.6) is 0 Å². The van der Waals surface area contributed by atoms with Gasteiger partial charge in [0.05, 0.1) is 12.6 Å². The molecule has 0 unspecified atom stereocenters. The van der Waals surface area contributed by atoms with E-state index in [9.17, 15) is 57.8 Å². The molecular formula is C71H136N16O12. The van der Waals surface area contributed by atoms with Crippen LogP contribution in [0, 0.1) is 29.6 Å². The Balaban J connectivity index is 6.65. The van der Waals surface area contributed by atoms with Crippen LogP contribution in [0.4, 0.5) is 0 Å². The number of nitrogens with one attached hydrogen (secondary N) is 10. The molecule has 0 aliphatic heterocycles. The summed E-state index contributed by atoms with van der Waals surface area (Å²) in [5.41, 5.74) is 28.5. The molecule has 0 aliphatic carbocycles. The number of rotatable bonds is 58. The molecule has 28 heteroatoms. The van der Waals surface area contributed by atoms with E-state index >= 15 is 0 Å². The first kappa shape index (κ1) is 92.3. The first-order valence-corrected chi connectivity index (χ1v) is 37.2. The van der Waals surface area contributed by atoms with E-state index < -0.39 is 125 Å². The molecule has 99 heavy (non-hydrogen) atoms. The van der Waals surface area contributed by atoms with Crippen LogP contribution in [0.3, 0.4) is 0 Å². The molecule has 0 aromatic carbocycles. The first-order chi connectivity index (χ1) is 46.8. The second-order valence-corrected chi connectivity index (χ2v) is 28.6. The highest BCUT2D eigenvalue weighted by Crippen LogP contribution is 2.17. The smallest absolute Gasteiger partial charge is 0.245 e. The lowest BCUT2D eigenvalue weighted by Crippen LogP contribution is -2.62. The Morgan fingerprint density at radius 1 is 0.364 bits per heavy atom. The standard InChI is InChI=1S/C71H136N16O12/c1-13-15-16-17-18-19-20-21-22-23-24-25-26-27-36-58(89)78-44-59(90)79-55(41-46(5)6)66(95)84-56(42-47(7)8)67(96)81-51(33-28-30-37-72)63(92)80-53(35-32-39-77-71(75)76)64(93)86-60(49(11)14-2)69(98)82-52(34-29-31-38-73)65(94)87-61(50(12)88)70(99)85-57(43-48(9)10)68(97)83-54(62(74)91)40-45(3)4/h45-57,60-61,88H,13-44,72-73H2,1-12H3,(H2,74,91)(H,78,89)(H,79,90)(H,80,92)(H,81,96)(H,82,98)(H,83,97)(H,84,95)(H,85,99)(H,86,93)(H,87,94)(H4,75,76,77)/t49-,50+,51-,52-,53-,54-,55-,56-,57-,60-,61-/m0/s1. The predicted octanol–water partition coefficient (Wildman–Crippen LogP) is 3.75. The molecule has 0 saturated heterocycles. The van der Waals surface area contributed by atoms with Crippen LogP contribution in [0.2, 0.25) is 0 Å². The van der Waals surface area contributed by atoms with E-state index in [-0.39, 0.29) is 120 Å². The van der Waals surface area contributed by atoms with Gasteiger partial charge in [0.1, 0.15) is 54.4 Å². The summed E-state index contributed by atoms with van der Waals surface area (Å²) < 4.78 is 0. The molecule has 0 aromatic heterocycles. The Labute approximate surface area is 592 Å². The molecule has 21 N–H and O–H groups in total. The average molecular weight is 1410 g/mol. The number of guanidine groups is 1. The minimum atomic E-state index is -1.64. The number of hydrogen-bond acceptors (Lipinski definition) is 15. The van der Waals surface area contributed by atoms with Crippen molar-refractivity contribution < 1.29 is 57.8 Å². The minimum absolute atomic E-state index is 0.00487. The largest absolute Gasteiger partial charge is 0.391 e. The Kier molecular flexibility index (Phi) is 50.5. The number of aliphatic hydroxyl groups excluding tert-OH is 1. The van der Waals surface area contributed by atoms with E-state index in [2.05, 4.69) is 65.1 Å². The van der Waals surface area contributed by atoms with Crippen molar-refractivity contribution in [3.63, 3.8) is 0 Å². The van der Waals surface area contributed by atoms with Crippen LogP contribution in [-0.2, 0) is 52.7 Å². The van der Waals surface area contributed by atoms with Crippen LogP contribution in [0.15, 0.2) is 4.99 Å². The summed E-state index contributed by atoms with van der Waals surface area (Å²) in [5.74, 6) is -9.01. The number of carbonyl (C=O) groups is 11. The SMILES string of the molecule is CCCCCCCCCCCCCCCCC(=O)NCC(=O)N[C@@H](CC(C)C)C(=O)N[C@@H](CC(C)C)C(=O)N[C@@H](CCCCN)C(=O)N[C@@H](CCCN=C(N)N)C(=O)N[C@H](C(=O)N[C@@H](CCCCN)C(=O)N[C@H](C(=O)N[C@@H](CC(C)C)C(=O)N[C@@H](CC(C)C)C(N)=O)[C@@H](C)O)[C@@H](C)CC. The summed E-state index contributed by atoms with van der Waals surface area (Å²) in [7, 11) is 0.